The minimum absolute atomic E-state index is 0.100. The fourth-order valence-corrected chi connectivity index (χ4v) is 2.00. The number of furan rings is 1. The third-order valence-electron chi connectivity index (χ3n) is 3.21. The predicted octanol–water partition coefficient (Wildman–Crippen LogP) is 2.99. The molecule has 22 heavy (non-hydrogen) atoms. The van der Waals surface area contributed by atoms with Crippen LogP contribution in [0.4, 0.5) is 5.69 Å². The smallest absolute Gasteiger partial charge is 0.287 e. The summed E-state index contributed by atoms with van der Waals surface area (Å²) >= 11 is 0. The Kier molecular flexibility index (Phi) is 5.77. The Hall–Kier alpha value is -2.56. The molecule has 2 rings (SSSR count). The van der Waals surface area contributed by atoms with Crippen molar-refractivity contribution in [3.8, 4) is 0 Å². The lowest BCUT2D eigenvalue weighted by atomic mass is 10.1. The molecule has 0 aliphatic rings. The molecule has 0 radical (unpaired) electrons. The maximum Gasteiger partial charge on any atom is 0.287 e. The van der Waals surface area contributed by atoms with Crippen LogP contribution in [0.15, 0.2) is 47.1 Å². The first-order valence-corrected chi connectivity index (χ1v) is 7.39. The summed E-state index contributed by atoms with van der Waals surface area (Å²) in [5, 5.41) is 5.24. The first-order valence-electron chi connectivity index (χ1n) is 7.39. The number of benzene rings is 1. The maximum absolute atomic E-state index is 11.8. The molecule has 0 saturated heterocycles. The van der Waals surface area contributed by atoms with E-state index in [1.807, 2.05) is 24.3 Å². The van der Waals surface area contributed by atoms with Crippen molar-refractivity contribution in [2.45, 2.75) is 26.2 Å². The van der Waals surface area contributed by atoms with E-state index in [2.05, 4.69) is 17.6 Å². The van der Waals surface area contributed by atoms with Crippen molar-refractivity contribution >= 4 is 17.5 Å². The molecule has 1 aromatic carbocycles. The molecule has 0 spiro atoms. The molecule has 0 atom stereocenters. The topological polar surface area (TPSA) is 71.3 Å². The van der Waals surface area contributed by atoms with Gasteiger partial charge in [0.25, 0.3) is 5.91 Å². The van der Waals surface area contributed by atoms with Crippen molar-refractivity contribution in [1.82, 2.24) is 5.32 Å². The second-order valence-electron chi connectivity index (χ2n) is 5.01. The fraction of sp³-hybridized carbons (Fsp3) is 0.294. The third-order valence-corrected chi connectivity index (χ3v) is 3.21. The molecule has 0 unspecified atom stereocenters. The molecule has 0 aliphatic carbocycles. The zero-order valence-electron chi connectivity index (χ0n) is 12.6. The molecule has 2 N–H and O–H groups in total. The van der Waals surface area contributed by atoms with E-state index in [0.717, 1.165) is 24.9 Å². The van der Waals surface area contributed by atoms with Crippen molar-refractivity contribution in [1.29, 1.82) is 0 Å². The summed E-state index contributed by atoms with van der Waals surface area (Å²) in [5.41, 5.74) is 1.98. The van der Waals surface area contributed by atoms with Crippen LogP contribution in [0.2, 0.25) is 0 Å². The van der Waals surface area contributed by atoms with E-state index in [9.17, 15) is 9.59 Å². The molecule has 5 heteroatoms. The van der Waals surface area contributed by atoms with Crippen LogP contribution in [-0.2, 0) is 11.2 Å². The zero-order chi connectivity index (χ0) is 15.8. The Labute approximate surface area is 129 Å². The first kappa shape index (κ1) is 15.8. The van der Waals surface area contributed by atoms with Gasteiger partial charge in [-0.25, -0.2) is 0 Å². The maximum atomic E-state index is 11.8. The van der Waals surface area contributed by atoms with Gasteiger partial charge >= 0.3 is 0 Å². The average Bonchev–Trinajstić information content (AvgIpc) is 3.06. The molecule has 2 amide bonds. The van der Waals surface area contributed by atoms with Crippen LogP contribution < -0.4 is 10.6 Å². The summed E-state index contributed by atoms with van der Waals surface area (Å²) in [4.78, 5) is 23.4. The predicted molar refractivity (Wildman–Crippen MR) is 84.7 cm³/mol. The summed E-state index contributed by atoms with van der Waals surface area (Å²) in [7, 11) is 0. The largest absolute Gasteiger partial charge is 0.459 e. The number of aryl methyl sites for hydroxylation is 1. The van der Waals surface area contributed by atoms with Crippen molar-refractivity contribution in [2.24, 2.45) is 0 Å². The van der Waals surface area contributed by atoms with Gasteiger partial charge < -0.3 is 15.1 Å². The van der Waals surface area contributed by atoms with E-state index in [-0.39, 0.29) is 18.2 Å². The van der Waals surface area contributed by atoms with Crippen molar-refractivity contribution in [3.05, 3.63) is 54.0 Å². The number of rotatable bonds is 7. The van der Waals surface area contributed by atoms with Crippen LogP contribution in [0.25, 0.3) is 0 Å². The lowest BCUT2D eigenvalue weighted by Gasteiger charge is -2.07. The number of anilines is 1. The Morgan fingerprint density at radius 2 is 1.91 bits per heavy atom. The summed E-state index contributed by atoms with van der Waals surface area (Å²) in [6.07, 6.45) is 4.78. The van der Waals surface area contributed by atoms with Gasteiger partial charge in [0.05, 0.1) is 12.8 Å². The number of unbranched alkanes of at least 4 members (excludes halogenated alkanes) is 1. The number of hydrogen-bond donors (Lipinski definition) is 2. The highest BCUT2D eigenvalue weighted by atomic mass is 16.3. The van der Waals surface area contributed by atoms with Gasteiger partial charge in [-0.2, -0.15) is 0 Å². The van der Waals surface area contributed by atoms with Gasteiger partial charge in [0.1, 0.15) is 0 Å². The van der Waals surface area contributed by atoms with Gasteiger partial charge in [-0.05, 0) is 42.7 Å². The van der Waals surface area contributed by atoms with Gasteiger partial charge in [0.15, 0.2) is 5.76 Å². The van der Waals surface area contributed by atoms with Crippen molar-refractivity contribution < 1.29 is 14.0 Å². The monoisotopic (exact) mass is 300 g/mol. The van der Waals surface area contributed by atoms with Crippen LogP contribution >= 0.6 is 0 Å². The molecular weight excluding hydrogens is 280 g/mol. The van der Waals surface area contributed by atoms with Crippen LogP contribution in [0.5, 0.6) is 0 Å². The molecular formula is C17H20N2O3. The Morgan fingerprint density at radius 3 is 2.55 bits per heavy atom. The molecule has 0 fully saturated rings. The third kappa shape index (κ3) is 4.77. The molecule has 2 aromatic rings. The van der Waals surface area contributed by atoms with Crippen LogP contribution in [0.3, 0.4) is 0 Å². The summed E-state index contributed by atoms with van der Waals surface area (Å²) < 4.78 is 4.95. The normalized spacial score (nSPS) is 10.2. The Bertz CT molecular complexity index is 603. The summed E-state index contributed by atoms with van der Waals surface area (Å²) in [5.74, 6) is -0.496. The highest BCUT2D eigenvalue weighted by molar-refractivity contribution is 5.97. The molecule has 5 nitrogen and oxygen atoms in total. The minimum Gasteiger partial charge on any atom is -0.459 e. The SMILES string of the molecule is CCCCc1ccc(NC(=O)CNC(=O)c2ccco2)cc1. The van der Waals surface area contributed by atoms with Gasteiger partial charge in [-0.3, -0.25) is 9.59 Å². The first-order chi connectivity index (χ1) is 10.7. The lowest BCUT2D eigenvalue weighted by Crippen LogP contribution is -2.32. The number of carbonyl (C=O) groups is 2. The van der Waals surface area contributed by atoms with Crippen LogP contribution in [-0.4, -0.2) is 18.4 Å². The highest BCUT2D eigenvalue weighted by Crippen LogP contribution is 2.11. The molecule has 0 saturated carbocycles. The van der Waals surface area contributed by atoms with Gasteiger partial charge in [-0.1, -0.05) is 25.5 Å². The second kappa shape index (κ2) is 8.02. The summed E-state index contributed by atoms with van der Waals surface area (Å²) in [6, 6.07) is 10.9. The van der Waals surface area contributed by atoms with Crippen LogP contribution in [0.1, 0.15) is 35.9 Å². The van der Waals surface area contributed by atoms with E-state index in [1.54, 1.807) is 12.1 Å². The summed E-state index contributed by atoms with van der Waals surface area (Å²) in [6.45, 7) is 2.06. The Morgan fingerprint density at radius 1 is 1.14 bits per heavy atom. The number of amides is 2. The quantitative estimate of drug-likeness (QED) is 0.825. The van der Waals surface area contributed by atoms with Gasteiger partial charge in [0.2, 0.25) is 5.91 Å². The molecule has 1 heterocycles. The standard InChI is InChI=1S/C17H20N2O3/c1-2-3-5-13-7-9-14(10-8-13)19-16(20)12-18-17(21)15-6-4-11-22-15/h4,6-11H,2-3,5,12H2,1H3,(H,18,21)(H,19,20). The molecule has 0 bridgehead atoms. The molecule has 0 aliphatic heterocycles. The van der Waals surface area contributed by atoms with Crippen LogP contribution in [0, 0.1) is 0 Å². The number of nitrogens with one attached hydrogen (secondary N) is 2. The minimum atomic E-state index is -0.407. The number of hydrogen-bond acceptors (Lipinski definition) is 3. The Balaban J connectivity index is 1.78. The van der Waals surface area contributed by atoms with E-state index < -0.39 is 5.91 Å². The van der Waals surface area contributed by atoms with E-state index in [1.165, 1.54) is 11.8 Å². The lowest BCUT2D eigenvalue weighted by molar-refractivity contribution is -0.115. The average molecular weight is 300 g/mol. The van der Waals surface area contributed by atoms with Crippen molar-refractivity contribution in [2.75, 3.05) is 11.9 Å². The van der Waals surface area contributed by atoms with E-state index in [4.69, 9.17) is 4.42 Å². The highest BCUT2D eigenvalue weighted by Gasteiger charge is 2.10. The molecule has 116 valence electrons. The molecule has 1 aromatic heterocycles. The fourth-order valence-electron chi connectivity index (χ4n) is 2.00. The van der Waals surface area contributed by atoms with Gasteiger partial charge in [-0.15, -0.1) is 0 Å². The van der Waals surface area contributed by atoms with E-state index >= 15 is 0 Å². The van der Waals surface area contributed by atoms with E-state index in [0.29, 0.717) is 0 Å². The number of carbonyl (C=O) groups excluding carboxylic acids is 2. The second-order valence-corrected chi connectivity index (χ2v) is 5.01. The van der Waals surface area contributed by atoms with Gasteiger partial charge in [0, 0.05) is 5.69 Å². The zero-order valence-corrected chi connectivity index (χ0v) is 12.6. The van der Waals surface area contributed by atoms with Crippen molar-refractivity contribution in [3.63, 3.8) is 0 Å².